The van der Waals surface area contributed by atoms with Crippen LogP contribution in [0.3, 0.4) is 0 Å². The van der Waals surface area contributed by atoms with Crippen LogP contribution in [-0.4, -0.2) is 8.41 Å². The molecular formula is C9H13FSi. The topological polar surface area (TPSA) is 0 Å². The fourth-order valence-electron chi connectivity index (χ4n) is 1.08. The van der Waals surface area contributed by atoms with Gasteiger partial charge in [-0.25, -0.2) is 0 Å². The third kappa shape index (κ3) is 3.32. The third-order valence-corrected chi connectivity index (χ3v) is 2.72. The van der Waals surface area contributed by atoms with Crippen LogP contribution in [0.1, 0.15) is 5.56 Å². The van der Waals surface area contributed by atoms with Gasteiger partial charge in [0.1, 0.15) is 0 Å². The van der Waals surface area contributed by atoms with Crippen molar-refractivity contribution < 1.29 is 4.11 Å². The van der Waals surface area contributed by atoms with Crippen molar-refractivity contribution in [3.8, 4) is 0 Å². The van der Waals surface area contributed by atoms with E-state index >= 15 is 0 Å². The molecule has 1 aromatic rings. The monoisotopic (exact) mass is 168 g/mol. The first-order valence-corrected chi connectivity index (χ1v) is 6.89. The SMILES string of the molecule is C[Si](C)(F)Cc1ccccc1. The van der Waals surface area contributed by atoms with Crippen molar-refractivity contribution in [2.45, 2.75) is 19.1 Å². The molecule has 0 saturated heterocycles. The predicted molar refractivity (Wildman–Crippen MR) is 48.7 cm³/mol. The van der Waals surface area contributed by atoms with Crippen LogP contribution in [-0.2, 0) is 6.04 Å². The lowest BCUT2D eigenvalue weighted by atomic mass is 10.2. The Morgan fingerprint density at radius 1 is 1.18 bits per heavy atom. The summed E-state index contributed by atoms with van der Waals surface area (Å²) in [6, 6.07) is 10.5. The van der Waals surface area contributed by atoms with E-state index in [-0.39, 0.29) is 0 Å². The van der Waals surface area contributed by atoms with Gasteiger partial charge in [0.05, 0.1) is 0 Å². The van der Waals surface area contributed by atoms with Crippen LogP contribution >= 0.6 is 0 Å². The van der Waals surface area contributed by atoms with E-state index in [1.54, 1.807) is 13.1 Å². The zero-order valence-electron chi connectivity index (χ0n) is 6.97. The number of hydrogen-bond donors (Lipinski definition) is 0. The maximum Gasteiger partial charge on any atom is 0.245 e. The third-order valence-electron chi connectivity index (χ3n) is 1.47. The van der Waals surface area contributed by atoms with Gasteiger partial charge in [-0.2, -0.15) is 0 Å². The van der Waals surface area contributed by atoms with Crippen LogP contribution in [0.25, 0.3) is 0 Å². The van der Waals surface area contributed by atoms with Gasteiger partial charge in [-0.1, -0.05) is 30.3 Å². The zero-order chi connectivity index (χ0) is 8.32. The molecule has 60 valence electrons. The fraction of sp³-hybridized carbons (Fsp3) is 0.333. The van der Waals surface area contributed by atoms with Gasteiger partial charge < -0.3 is 4.11 Å². The maximum absolute atomic E-state index is 13.2. The van der Waals surface area contributed by atoms with E-state index < -0.39 is 8.41 Å². The molecule has 0 bridgehead atoms. The Morgan fingerprint density at radius 3 is 2.18 bits per heavy atom. The molecule has 0 saturated carbocycles. The standard InChI is InChI=1S/C9H13FSi/c1-11(2,10)8-9-6-4-3-5-7-9/h3-7H,8H2,1-2H3. The summed E-state index contributed by atoms with van der Waals surface area (Å²) in [5, 5.41) is 0. The Hall–Kier alpha value is -0.633. The number of benzene rings is 1. The maximum atomic E-state index is 13.2. The molecule has 0 aliphatic heterocycles. The van der Waals surface area contributed by atoms with E-state index in [0.717, 1.165) is 5.56 Å². The minimum Gasteiger partial charge on any atom is -0.314 e. The summed E-state index contributed by atoms with van der Waals surface area (Å²) in [7, 11) is -2.40. The lowest BCUT2D eigenvalue weighted by Crippen LogP contribution is -2.22. The molecule has 2 heteroatoms. The summed E-state index contributed by atoms with van der Waals surface area (Å²) >= 11 is 0. The molecule has 0 aliphatic carbocycles. The van der Waals surface area contributed by atoms with Gasteiger partial charge in [0.15, 0.2) is 0 Å². The van der Waals surface area contributed by atoms with E-state index in [2.05, 4.69) is 0 Å². The van der Waals surface area contributed by atoms with Gasteiger partial charge in [-0.05, 0) is 24.7 Å². The first-order chi connectivity index (χ1) is 5.08. The van der Waals surface area contributed by atoms with Gasteiger partial charge in [0.25, 0.3) is 0 Å². The van der Waals surface area contributed by atoms with Gasteiger partial charge in [-0.15, -0.1) is 0 Å². The summed E-state index contributed by atoms with van der Waals surface area (Å²) in [4.78, 5) is 0. The Morgan fingerprint density at radius 2 is 1.73 bits per heavy atom. The number of rotatable bonds is 2. The van der Waals surface area contributed by atoms with E-state index in [1.165, 1.54) is 0 Å². The second kappa shape index (κ2) is 3.18. The molecular weight excluding hydrogens is 155 g/mol. The molecule has 0 atom stereocenters. The molecule has 0 aliphatic rings. The summed E-state index contributed by atoms with van der Waals surface area (Å²) in [6.07, 6.45) is 0. The highest BCUT2D eigenvalue weighted by atomic mass is 28.4. The largest absolute Gasteiger partial charge is 0.314 e. The van der Waals surface area contributed by atoms with Crippen molar-refractivity contribution in [3.05, 3.63) is 35.9 Å². The molecule has 0 N–H and O–H groups in total. The smallest absolute Gasteiger partial charge is 0.245 e. The number of hydrogen-bond acceptors (Lipinski definition) is 0. The molecule has 0 unspecified atom stereocenters. The van der Waals surface area contributed by atoms with Gasteiger partial charge >= 0.3 is 0 Å². The van der Waals surface area contributed by atoms with Crippen molar-refractivity contribution >= 4 is 8.41 Å². The van der Waals surface area contributed by atoms with Crippen molar-refractivity contribution in [1.82, 2.24) is 0 Å². The second-order valence-electron chi connectivity index (χ2n) is 3.38. The minimum absolute atomic E-state index is 0.633. The second-order valence-corrected chi connectivity index (χ2v) is 7.17. The molecule has 1 aromatic carbocycles. The highest BCUT2D eigenvalue weighted by molar-refractivity contribution is 6.69. The van der Waals surface area contributed by atoms with E-state index in [0.29, 0.717) is 6.04 Å². The van der Waals surface area contributed by atoms with Crippen LogP contribution in [0.2, 0.25) is 13.1 Å². The molecule has 0 spiro atoms. The van der Waals surface area contributed by atoms with Crippen molar-refractivity contribution in [1.29, 1.82) is 0 Å². The molecule has 0 heterocycles. The molecule has 0 nitrogen and oxygen atoms in total. The van der Waals surface area contributed by atoms with Crippen molar-refractivity contribution in [2.24, 2.45) is 0 Å². The lowest BCUT2D eigenvalue weighted by molar-refractivity contribution is 0.787. The first-order valence-electron chi connectivity index (χ1n) is 3.81. The average Bonchev–Trinajstić information content (AvgIpc) is 1.85. The Bertz CT molecular complexity index is 213. The summed E-state index contributed by atoms with van der Waals surface area (Å²) in [5.74, 6) is 0. The Balaban J connectivity index is 2.66. The highest BCUT2D eigenvalue weighted by Crippen LogP contribution is 2.11. The van der Waals surface area contributed by atoms with Crippen LogP contribution in [0, 0.1) is 0 Å². The van der Waals surface area contributed by atoms with Gasteiger partial charge in [-0.3, -0.25) is 0 Å². The summed E-state index contributed by atoms with van der Waals surface area (Å²) in [5.41, 5.74) is 1.12. The Labute approximate surface area is 68.2 Å². The fourth-order valence-corrected chi connectivity index (χ4v) is 2.29. The van der Waals surface area contributed by atoms with Crippen LogP contribution in [0.4, 0.5) is 4.11 Å². The van der Waals surface area contributed by atoms with Gasteiger partial charge in [0, 0.05) is 0 Å². The van der Waals surface area contributed by atoms with Crippen LogP contribution in [0.15, 0.2) is 30.3 Å². The van der Waals surface area contributed by atoms with Crippen molar-refractivity contribution in [3.63, 3.8) is 0 Å². The van der Waals surface area contributed by atoms with Gasteiger partial charge in [0.2, 0.25) is 8.41 Å². The Kier molecular flexibility index (Phi) is 2.44. The molecule has 0 radical (unpaired) electrons. The summed E-state index contributed by atoms with van der Waals surface area (Å²) in [6.45, 7) is 3.47. The molecule has 0 fully saturated rings. The van der Waals surface area contributed by atoms with Crippen molar-refractivity contribution in [2.75, 3.05) is 0 Å². The first kappa shape index (κ1) is 8.46. The van der Waals surface area contributed by atoms with Crippen LogP contribution in [0.5, 0.6) is 0 Å². The van der Waals surface area contributed by atoms with E-state index in [4.69, 9.17) is 0 Å². The lowest BCUT2D eigenvalue weighted by Gasteiger charge is -2.09. The molecule has 0 aromatic heterocycles. The zero-order valence-corrected chi connectivity index (χ0v) is 7.97. The molecule has 1 rings (SSSR count). The minimum atomic E-state index is -2.40. The highest BCUT2D eigenvalue weighted by Gasteiger charge is 2.19. The number of halogens is 1. The predicted octanol–water partition coefficient (Wildman–Crippen LogP) is 2.94. The normalized spacial score (nSPS) is 11.5. The summed E-state index contributed by atoms with van der Waals surface area (Å²) < 4.78 is 13.2. The molecule has 0 amide bonds. The van der Waals surface area contributed by atoms with Crippen LogP contribution < -0.4 is 0 Å². The van der Waals surface area contributed by atoms with E-state index in [1.807, 2.05) is 30.3 Å². The molecule has 11 heavy (non-hydrogen) atoms. The quantitative estimate of drug-likeness (QED) is 0.470. The average molecular weight is 168 g/mol. The van der Waals surface area contributed by atoms with E-state index in [9.17, 15) is 4.11 Å².